The van der Waals surface area contributed by atoms with E-state index in [0.29, 0.717) is 22.7 Å². The summed E-state index contributed by atoms with van der Waals surface area (Å²) in [6, 6.07) is 13.7. The van der Waals surface area contributed by atoms with Crippen molar-refractivity contribution < 1.29 is 23.8 Å². The van der Waals surface area contributed by atoms with E-state index in [1.807, 2.05) is 0 Å². The lowest BCUT2D eigenvalue weighted by Crippen LogP contribution is -2.04. The number of carboxylic acids is 1. The Hall–Kier alpha value is -3.65. The maximum Gasteiger partial charge on any atom is 0.335 e. The number of imidazole rings is 1. The first-order valence-corrected chi connectivity index (χ1v) is 9.20. The highest BCUT2D eigenvalue weighted by molar-refractivity contribution is 6.30. The van der Waals surface area contributed by atoms with Gasteiger partial charge in [-0.15, -0.1) is 0 Å². The van der Waals surface area contributed by atoms with Crippen LogP contribution in [0.15, 0.2) is 54.6 Å². The average Bonchev–Trinajstić information content (AvgIpc) is 3.05. The number of aromatic nitrogens is 3. The quantitative estimate of drug-likeness (QED) is 0.474. The Morgan fingerprint density at radius 1 is 1.13 bits per heavy atom. The Kier molecular flexibility index (Phi) is 5.24. The number of aryl methyl sites for hydroxylation is 1. The van der Waals surface area contributed by atoms with E-state index in [0.717, 1.165) is 0 Å². The molecule has 2 aromatic heterocycles. The van der Waals surface area contributed by atoms with Crippen LogP contribution >= 0.6 is 11.6 Å². The molecule has 0 saturated carbocycles. The van der Waals surface area contributed by atoms with Crippen LogP contribution < -0.4 is 9.47 Å². The Balaban J connectivity index is 1.54. The van der Waals surface area contributed by atoms with Crippen molar-refractivity contribution in [1.82, 2.24) is 14.5 Å². The Bertz CT molecular complexity index is 1260. The van der Waals surface area contributed by atoms with Crippen molar-refractivity contribution in [1.29, 1.82) is 0 Å². The van der Waals surface area contributed by atoms with E-state index >= 15 is 0 Å². The van der Waals surface area contributed by atoms with E-state index in [9.17, 15) is 9.18 Å². The number of carboxylic acid groups (broad SMARTS) is 1. The third kappa shape index (κ3) is 4.04. The summed E-state index contributed by atoms with van der Waals surface area (Å²) in [4.78, 5) is 20.0. The molecular formula is C21H15ClFN3O4. The maximum atomic E-state index is 13.6. The van der Waals surface area contributed by atoms with Gasteiger partial charge in [0.05, 0.1) is 10.6 Å². The Morgan fingerprint density at radius 3 is 2.73 bits per heavy atom. The van der Waals surface area contributed by atoms with Gasteiger partial charge in [0.2, 0.25) is 5.88 Å². The summed E-state index contributed by atoms with van der Waals surface area (Å²) in [7, 11) is 1.78. The summed E-state index contributed by atoms with van der Waals surface area (Å²) in [6.45, 7) is 0.120. The zero-order valence-electron chi connectivity index (χ0n) is 15.7. The van der Waals surface area contributed by atoms with Crippen LogP contribution in [0.4, 0.5) is 4.39 Å². The number of pyridine rings is 1. The van der Waals surface area contributed by atoms with Gasteiger partial charge in [0.1, 0.15) is 35.3 Å². The first-order chi connectivity index (χ1) is 14.4. The third-order valence-corrected chi connectivity index (χ3v) is 4.65. The molecule has 0 aliphatic carbocycles. The topological polar surface area (TPSA) is 86.5 Å². The summed E-state index contributed by atoms with van der Waals surface area (Å²) >= 11 is 5.68. The van der Waals surface area contributed by atoms with Gasteiger partial charge >= 0.3 is 5.97 Å². The number of nitrogens with zero attached hydrogens (tertiary/aromatic N) is 3. The van der Waals surface area contributed by atoms with E-state index in [1.54, 1.807) is 41.9 Å². The number of aromatic carboxylic acids is 1. The fourth-order valence-electron chi connectivity index (χ4n) is 2.81. The van der Waals surface area contributed by atoms with Crippen LogP contribution in [-0.2, 0) is 13.7 Å². The Morgan fingerprint density at radius 2 is 1.97 bits per heavy atom. The SMILES string of the molecule is Cn1c(COc2cccc(C(=O)O)c2)nc2ccc(Oc3ccc(Cl)c(F)c3)nc21. The highest BCUT2D eigenvalue weighted by Gasteiger charge is 2.12. The standard InChI is InChI=1S/C21H15ClFN3O4/c1-26-18(11-29-13-4-2-3-12(9-13)21(27)28)24-17-7-8-19(25-20(17)26)30-14-5-6-15(22)16(23)10-14/h2-10H,11H2,1H3,(H,27,28). The van der Waals surface area contributed by atoms with Gasteiger partial charge in [-0.1, -0.05) is 17.7 Å². The summed E-state index contributed by atoms with van der Waals surface area (Å²) in [5.74, 6) is -0.0547. The smallest absolute Gasteiger partial charge is 0.335 e. The van der Waals surface area contributed by atoms with Crippen molar-refractivity contribution in [3.8, 4) is 17.4 Å². The molecule has 0 spiro atoms. The number of ether oxygens (including phenoxy) is 2. The molecule has 30 heavy (non-hydrogen) atoms. The second-order valence-electron chi connectivity index (χ2n) is 6.38. The summed E-state index contributed by atoms with van der Waals surface area (Å²) in [6.07, 6.45) is 0. The fraction of sp³-hybridized carbons (Fsp3) is 0.0952. The molecule has 2 heterocycles. The van der Waals surface area contributed by atoms with Gasteiger partial charge in [-0.05, 0) is 36.4 Å². The molecule has 0 saturated heterocycles. The molecule has 0 aliphatic heterocycles. The van der Waals surface area contributed by atoms with Crippen molar-refractivity contribution in [2.24, 2.45) is 7.05 Å². The molecule has 152 valence electrons. The lowest BCUT2D eigenvalue weighted by atomic mass is 10.2. The first-order valence-electron chi connectivity index (χ1n) is 8.82. The van der Waals surface area contributed by atoms with Crippen molar-refractivity contribution in [2.45, 2.75) is 6.61 Å². The second-order valence-corrected chi connectivity index (χ2v) is 6.79. The number of hydrogen-bond donors (Lipinski definition) is 1. The van der Waals surface area contributed by atoms with E-state index in [4.69, 9.17) is 26.2 Å². The zero-order valence-corrected chi connectivity index (χ0v) is 16.4. The van der Waals surface area contributed by atoms with Gasteiger partial charge in [0, 0.05) is 19.2 Å². The van der Waals surface area contributed by atoms with Crippen LogP contribution in [0.2, 0.25) is 5.02 Å². The van der Waals surface area contributed by atoms with Crippen LogP contribution in [0.25, 0.3) is 11.2 Å². The van der Waals surface area contributed by atoms with Crippen LogP contribution in [0, 0.1) is 5.82 Å². The van der Waals surface area contributed by atoms with Gasteiger partial charge in [0.25, 0.3) is 0 Å². The highest BCUT2D eigenvalue weighted by Crippen LogP contribution is 2.26. The molecule has 9 heteroatoms. The minimum Gasteiger partial charge on any atom is -0.486 e. The minimum absolute atomic E-state index is 0.0101. The molecule has 0 radical (unpaired) electrons. The minimum atomic E-state index is -1.03. The number of fused-ring (bicyclic) bond motifs is 1. The monoisotopic (exact) mass is 427 g/mol. The number of halogens is 2. The molecule has 4 rings (SSSR count). The Labute approximate surface area is 175 Å². The lowest BCUT2D eigenvalue weighted by molar-refractivity contribution is 0.0696. The molecule has 0 bridgehead atoms. The predicted octanol–water partition coefficient (Wildman–Crippen LogP) is 4.83. The third-order valence-electron chi connectivity index (χ3n) is 4.35. The second kappa shape index (κ2) is 8.00. The van der Waals surface area contributed by atoms with Gasteiger partial charge in [-0.2, -0.15) is 4.98 Å². The molecule has 0 aliphatic rings. The predicted molar refractivity (Wildman–Crippen MR) is 108 cm³/mol. The van der Waals surface area contributed by atoms with Crippen LogP contribution in [0.5, 0.6) is 17.4 Å². The normalized spacial score (nSPS) is 10.9. The van der Waals surface area contributed by atoms with E-state index in [1.165, 1.54) is 24.3 Å². The van der Waals surface area contributed by atoms with Gasteiger partial charge in [0.15, 0.2) is 5.65 Å². The van der Waals surface area contributed by atoms with E-state index < -0.39 is 11.8 Å². The van der Waals surface area contributed by atoms with Crippen molar-refractivity contribution in [3.63, 3.8) is 0 Å². The largest absolute Gasteiger partial charge is 0.486 e. The van der Waals surface area contributed by atoms with Crippen molar-refractivity contribution in [3.05, 3.63) is 76.8 Å². The summed E-state index contributed by atoms with van der Waals surface area (Å²) < 4.78 is 26.6. The number of hydrogen-bond acceptors (Lipinski definition) is 5. The van der Waals surface area contributed by atoms with Crippen LogP contribution in [-0.4, -0.2) is 25.6 Å². The van der Waals surface area contributed by atoms with Crippen molar-refractivity contribution in [2.75, 3.05) is 0 Å². The molecule has 0 fully saturated rings. The summed E-state index contributed by atoms with van der Waals surface area (Å²) in [5.41, 5.74) is 1.32. The molecule has 0 unspecified atom stereocenters. The molecular weight excluding hydrogens is 413 g/mol. The highest BCUT2D eigenvalue weighted by atomic mass is 35.5. The van der Waals surface area contributed by atoms with Crippen molar-refractivity contribution >= 4 is 28.7 Å². The van der Waals surface area contributed by atoms with E-state index in [2.05, 4.69) is 9.97 Å². The molecule has 0 atom stereocenters. The number of carbonyl (C=O) groups is 1. The van der Waals surface area contributed by atoms with Crippen LogP contribution in [0.3, 0.4) is 0 Å². The first kappa shape index (κ1) is 19.7. The molecule has 2 aromatic carbocycles. The lowest BCUT2D eigenvalue weighted by Gasteiger charge is -2.07. The van der Waals surface area contributed by atoms with Gasteiger partial charge in [-0.25, -0.2) is 14.2 Å². The van der Waals surface area contributed by atoms with Gasteiger partial charge in [-0.3, -0.25) is 0 Å². The van der Waals surface area contributed by atoms with E-state index in [-0.39, 0.29) is 28.8 Å². The number of benzene rings is 2. The maximum absolute atomic E-state index is 13.6. The molecule has 4 aromatic rings. The van der Waals surface area contributed by atoms with Crippen LogP contribution in [0.1, 0.15) is 16.2 Å². The summed E-state index contributed by atoms with van der Waals surface area (Å²) in [5, 5.41) is 9.08. The zero-order chi connectivity index (χ0) is 21.3. The fourth-order valence-corrected chi connectivity index (χ4v) is 2.93. The average molecular weight is 428 g/mol. The molecule has 0 amide bonds. The molecule has 1 N–H and O–H groups in total. The number of rotatable bonds is 6. The van der Waals surface area contributed by atoms with Gasteiger partial charge < -0.3 is 19.1 Å². The molecule has 7 nitrogen and oxygen atoms in total.